The van der Waals surface area contributed by atoms with Gasteiger partial charge < -0.3 is 25.7 Å². The normalized spacial score (nSPS) is 13.5. The van der Waals surface area contributed by atoms with Crippen LogP contribution in [-0.4, -0.2) is 66.9 Å². The number of benzene rings is 1. The summed E-state index contributed by atoms with van der Waals surface area (Å²) < 4.78 is 14.7. The molecule has 1 aromatic heterocycles. The van der Waals surface area contributed by atoms with E-state index in [1.165, 1.54) is 13.3 Å². The van der Waals surface area contributed by atoms with Crippen LogP contribution in [0.4, 0.5) is 4.39 Å². The molecule has 0 atom stereocenters. The van der Waals surface area contributed by atoms with Crippen molar-refractivity contribution in [2.24, 2.45) is 5.73 Å². The van der Waals surface area contributed by atoms with Gasteiger partial charge in [-0.25, -0.2) is 4.39 Å². The van der Waals surface area contributed by atoms with Crippen LogP contribution in [0.3, 0.4) is 0 Å². The molecule has 0 radical (unpaired) electrons. The molecular weight excluding hydrogens is 445 g/mol. The molecule has 7 nitrogen and oxygen atoms in total. The minimum absolute atomic E-state index is 0.0855. The number of nitrogens with zero attached hydrogens (tertiary/aromatic N) is 3. The van der Waals surface area contributed by atoms with Crippen LogP contribution in [0.15, 0.2) is 54.4 Å². The summed E-state index contributed by atoms with van der Waals surface area (Å²) in [6, 6.07) is 7.35. The van der Waals surface area contributed by atoms with Gasteiger partial charge in [-0.2, -0.15) is 0 Å². The Labute approximate surface area is 207 Å². The molecular formula is C27H36FN5O2. The van der Waals surface area contributed by atoms with E-state index in [1.54, 1.807) is 19.2 Å². The van der Waals surface area contributed by atoms with Gasteiger partial charge in [0.25, 0.3) is 0 Å². The summed E-state index contributed by atoms with van der Waals surface area (Å²) in [5.74, 6) is -0.140. The molecule has 2 heterocycles. The maximum atomic E-state index is 14.7. The molecule has 1 saturated heterocycles. The van der Waals surface area contributed by atoms with Crippen molar-refractivity contribution in [3.63, 3.8) is 0 Å². The van der Waals surface area contributed by atoms with Gasteiger partial charge in [0.2, 0.25) is 5.91 Å². The lowest BCUT2D eigenvalue weighted by Crippen LogP contribution is -2.47. The highest BCUT2D eigenvalue weighted by Crippen LogP contribution is 2.26. The van der Waals surface area contributed by atoms with Gasteiger partial charge in [-0.3, -0.25) is 9.78 Å². The van der Waals surface area contributed by atoms with Gasteiger partial charge in [-0.05, 0) is 73.8 Å². The summed E-state index contributed by atoms with van der Waals surface area (Å²) in [5.41, 5.74) is 9.71. The highest BCUT2D eigenvalue weighted by Gasteiger charge is 2.19. The third-order valence-corrected chi connectivity index (χ3v) is 5.58. The molecule has 1 aliphatic heterocycles. The predicted octanol–water partition coefficient (Wildman–Crippen LogP) is 3.69. The summed E-state index contributed by atoms with van der Waals surface area (Å²) in [4.78, 5) is 27.6. The van der Waals surface area contributed by atoms with E-state index in [9.17, 15) is 9.18 Å². The van der Waals surface area contributed by atoms with Gasteiger partial charge in [0.05, 0.1) is 5.70 Å². The molecule has 35 heavy (non-hydrogen) atoms. The number of hydrogen-bond donors (Lipinski definition) is 2. The van der Waals surface area contributed by atoms with E-state index in [1.807, 2.05) is 62.0 Å². The number of carbonyl (C=O) groups excluding carboxylic acids is 2. The largest absolute Gasteiger partial charge is 0.367 e. The SMILES string of the molecule is C=O.CC(=O)N1CCN(/C(C=N)=C/C=C/Cc2cc(C)c(-c3ccnc(C)c3)cc2F)CC1.CN. The number of piperazine rings is 1. The zero-order valence-electron chi connectivity index (χ0n) is 21.1. The quantitative estimate of drug-likeness (QED) is 0.484. The molecule has 188 valence electrons. The van der Waals surface area contributed by atoms with Crippen molar-refractivity contribution >= 4 is 18.9 Å². The number of amides is 1. The predicted molar refractivity (Wildman–Crippen MR) is 140 cm³/mol. The van der Waals surface area contributed by atoms with E-state index in [-0.39, 0.29) is 11.7 Å². The molecule has 0 unspecified atom stereocenters. The van der Waals surface area contributed by atoms with Gasteiger partial charge >= 0.3 is 0 Å². The lowest BCUT2D eigenvalue weighted by Gasteiger charge is -2.35. The lowest BCUT2D eigenvalue weighted by atomic mass is 9.97. The molecule has 1 amide bonds. The number of halogens is 1. The van der Waals surface area contributed by atoms with Gasteiger partial charge in [0.1, 0.15) is 12.6 Å². The number of aromatic nitrogens is 1. The molecule has 0 saturated carbocycles. The van der Waals surface area contributed by atoms with Crippen molar-refractivity contribution in [2.45, 2.75) is 27.2 Å². The van der Waals surface area contributed by atoms with Gasteiger partial charge in [-0.1, -0.05) is 18.2 Å². The van der Waals surface area contributed by atoms with E-state index in [0.29, 0.717) is 38.2 Å². The molecule has 1 aromatic carbocycles. The van der Waals surface area contributed by atoms with Crippen LogP contribution in [-0.2, 0) is 16.0 Å². The smallest absolute Gasteiger partial charge is 0.219 e. The van der Waals surface area contributed by atoms with Gasteiger partial charge in [0, 0.05) is 51.2 Å². The molecule has 1 aliphatic rings. The highest BCUT2D eigenvalue weighted by molar-refractivity contribution is 5.76. The summed E-state index contributed by atoms with van der Waals surface area (Å²) in [7, 11) is 1.50. The van der Waals surface area contributed by atoms with Crippen molar-refractivity contribution in [3.8, 4) is 11.1 Å². The molecule has 0 bridgehead atoms. The average Bonchev–Trinajstić information content (AvgIpc) is 2.88. The maximum absolute atomic E-state index is 14.7. The second-order valence-electron chi connectivity index (χ2n) is 7.81. The number of hydrogen-bond acceptors (Lipinski definition) is 6. The third-order valence-electron chi connectivity index (χ3n) is 5.58. The fraction of sp³-hybridized carbons (Fsp3) is 0.333. The van der Waals surface area contributed by atoms with E-state index in [0.717, 1.165) is 28.1 Å². The molecule has 0 spiro atoms. The minimum atomic E-state index is -0.226. The number of pyridine rings is 1. The first kappa shape index (κ1) is 29.4. The first-order chi connectivity index (χ1) is 16.9. The van der Waals surface area contributed by atoms with Crippen LogP contribution in [0.1, 0.15) is 23.7 Å². The maximum Gasteiger partial charge on any atom is 0.219 e. The monoisotopic (exact) mass is 481 g/mol. The van der Waals surface area contributed by atoms with Gasteiger partial charge in [-0.15, -0.1) is 0 Å². The van der Waals surface area contributed by atoms with Crippen LogP contribution < -0.4 is 5.73 Å². The van der Waals surface area contributed by atoms with E-state index in [4.69, 9.17) is 10.2 Å². The molecule has 1 fully saturated rings. The van der Waals surface area contributed by atoms with E-state index in [2.05, 4.69) is 15.6 Å². The minimum Gasteiger partial charge on any atom is -0.367 e. The Balaban J connectivity index is 0.00000145. The standard InChI is InChI=1S/C25H29FN4O.CH5N.CH2O/c1-18-14-22(25(26)16-24(18)21-8-9-28-19(2)15-21)6-4-5-7-23(17-27)30-12-10-29(11-13-30)20(3)31;2*1-2/h4-5,7-9,14-17,27H,6,10-13H2,1-3H3;2H2,1H3;1H2/b5-4+,23-7+,27-17?;;. The zero-order chi connectivity index (χ0) is 26.4. The highest BCUT2D eigenvalue weighted by atomic mass is 19.1. The summed E-state index contributed by atoms with van der Waals surface area (Å²) in [5, 5.41) is 7.70. The Hall–Kier alpha value is -3.65. The molecule has 2 aromatic rings. The lowest BCUT2D eigenvalue weighted by molar-refractivity contribution is -0.130. The van der Waals surface area contributed by atoms with Crippen LogP contribution in [0.2, 0.25) is 0 Å². The van der Waals surface area contributed by atoms with Crippen molar-refractivity contribution in [1.82, 2.24) is 14.8 Å². The number of carbonyl (C=O) groups is 2. The summed E-state index contributed by atoms with van der Waals surface area (Å²) in [6.45, 7) is 10.2. The second kappa shape index (κ2) is 15.3. The number of nitrogens with two attached hydrogens (primary N) is 1. The zero-order valence-corrected chi connectivity index (χ0v) is 21.1. The Bertz CT molecular complexity index is 1040. The molecule has 3 N–H and O–H groups in total. The van der Waals surface area contributed by atoms with Gasteiger partial charge in [0.15, 0.2) is 0 Å². The Kier molecular flexibility index (Phi) is 12.8. The average molecular weight is 482 g/mol. The van der Waals surface area contributed by atoms with Crippen LogP contribution in [0.5, 0.6) is 0 Å². The number of aryl methyl sites for hydroxylation is 2. The molecule has 3 rings (SSSR count). The molecule has 8 heteroatoms. The van der Waals surface area contributed by atoms with Crippen molar-refractivity contribution < 1.29 is 14.0 Å². The number of allylic oxidation sites excluding steroid dienone is 4. The first-order valence-electron chi connectivity index (χ1n) is 11.4. The van der Waals surface area contributed by atoms with E-state index >= 15 is 0 Å². The summed E-state index contributed by atoms with van der Waals surface area (Å²) >= 11 is 0. The Morgan fingerprint density at radius 2 is 1.77 bits per heavy atom. The second-order valence-corrected chi connectivity index (χ2v) is 7.81. The van der Waals surface area contributed by atoms with Crippen molar-refractivity contribution in [3.05, 3.63) is 77.0 Å². The van der Waals surface area contributed by atoms with Crippen LogP contribution in [0, 0.1) is 25.1 Å². The van der Waals surface area contributed by atoms with Crippen molar-refractivity contribution in [2.75, 3.05) is 33.2 Å². The van der Waals surface area contributed by atoms with E-state index < -0.39 is 0 Å². The number of rotatable bonds is 6. The Morgan fingerprint density at radius 1 is 1.14 bits per heavy atom. The third kappa shape index (κ3) is 8.57. The fourth-order valence-corrected chi connectivity index (χ4v) is 3.81. The molecule has 0 aliphatic carbocycles. The van der Waals surface area contributed by atoms with Crippen LogP contribution in [0.25, 0.3) is 11.1 Å². The Morgan fingerprint density at radius 3 is 2.34 bits per heavy atom. The number of nitrogens with one attached hydrogen (secondary N) is 1. The first-order valence-corrected chi connectivity index (χ1v) is 11.4. The van der Waals surface area contributed by atoms with Crippen molar-refractivity contribution in [1.29, 1.82) is 5.41 Å². The van der Waals surface area contributed by atoms with Crippen LogP contribution >= 0.6 is 0 Å². The topological polar surface area (TPSA) is 103 Å². The summed E-state index contributed by atoms with van der Waals surface area (Å²) in [6.07, 6.45) is 9.18. The fourth-order valence-electron chi connectivity index (χ4n) is 3.81.